The minimum absolute atomic E-state index is 0.855. The molecule has 0 unspecified atom stereocenters. The SMILES string of the molecule is COc1ccc(-c2csc3ncn[c]c23)cc1. The van der Waals surface area contributed by atoms with E-state index >= 15 is 0 Å². The number of methoxy groups -OCH3 is 1. The third-order valence-corrected chi connectivity index (χ3v) is 3.47. The molecular formula is C13H9N2OS. The van der Waals surface area contributed by atoms with Crippen molar-refractivity contribution in [2.45, 2.75) is 0 Å². The molecule has 0 atom stereocenters. The fourth-order valence-electron chi connectivity index (χ4n) is 1.71. The lowest BCUT2D eigenvalue weighted by Crippen LogP contribution is -1.82. The molecule has 0 spiro atoms. The van der Waals surface area contributed by atoms with E-state index < -0.39 is 0 Å². The normalized spacial score (nSPS) is 10.6. The van der Waals surface area contributed by atoms with Gasteiger partial charge in [0.25, 0.3) is 0 Å². The van der Waals surface area contributed by atoms with Crippen LogP contribution in [0.2, 0.25) is 0 Å². The summed E-state index contributed by atoms with van der Waals surface area (Å²) >= 11 is 1.61. The molecule has 0 N–H and O–H groups in total. The molecule has 4 heteroatoms. The van der Waals surface area contributed by atoms with E-state index in [2.05, 4.69) is 21.5 Å². The zero-order valence-corrected chi connectivity index (χ0v) is 9.99. The highest BCUT2D eigenvalue weighted by Crippen LogP contribution is 2.32. The maximum absolute atomic E-state index is 5.14. The zero-order valence-electron chi connectivity index (χ0n) is 9.18. The Bertz CT molecular complexity index is 646. The van der Waals surface area contributed by atoms with Crippen LogP contribution in [-0.2, 0) is 0 Å². The number of aromatic nitrogens is 2. The van der Waals surface area contributed by atoms with Gasteiger partial charge in [-0.1, -0.05) is 12.1 Å². The predicted octanol–water partition coefficient (Wildman–Crippen LogP) is 3.17. The summed E-state index contributed by atoms with van der Waals surface area (Å²) in [7, 11) is 1.66. The van der Waals surface area contributed by atoms with Gasteiger partial charge < -0.3 is 4.74 Å². The van der Waals surface area contributed by atoms with E-state index in [0.29, 0.717) is 0 Å². The first-order valence-corrected chi connectivity index (χ1v) is 6.01. The molecule has 0 fully saturated rings. The van der Waals surface area contributed by atoms with Crippen LogP contribution in [0.1, 0.15) is 0 Å². The van der Waals surface area contributed by atoms with E-state index in [1.165, 1.54) is 6.33 Å². The Labute approximate surface area is 103 Å². The van der Waals surface area contributed by atoms with Gasteiger partial charge in [-0.25, -0.2) is 9.97 Å². The van der Waals surface area contributed by atoms with Gasteiger partial charge in [0, 0.05) is 16.3 Å². The molecule has 1 radical (unpaired) electrons. The molecule has 0 saturated heterocycles. The zero-order chi connectivity index (χ0) is 11.7. The number of thiophene rings is 1. The molecule has 3 rings (SSSR count). The molecule has 1 aromatic carbocycles. The lowest BCUT2D eigenvalue weighted by Gasteiger charge is -2.01. The molecule has 0 saturated carbocycles. The molecule has 83 valence electrons. The van der Waals surface area contributed by atoms with Gasteiger partial charge in [0.1, 0.15) is 23.1 Å². The number of ether oxygens (including phenoxy) is 1. The summed E-state index contributed by atoms with van der Waals surface area (Å²) in [5, 5.41) is 3.06. The van der Waals surface area contributed by atoms with Gasteiger partial charge in [-0.05, 0) is 17.7 Å². The van der Waals surface area contributed by atoms with Crippen molar-refractivity contribution in [3.05, 3.63) is 42.2 Å². The highest BCUT2D eigenvalue weighted by atomic mass is 32.1. The molecule has 3 aromatic rings. The topological polar surface area (TPSA) is 35.0 Å². The van der Waals surface area contributed by atoms with E-state index in [9.17, 15) is 0 Å². The van der Waals surface area contributed by atoms with Crippen molar-refractivity contribution in [1.82, 2.24) is 9.97 Å². The summed E-state index contributed by atoms with van der Waals surface area (Å²) in [4.78, 5) is 9.13. The van der Waals surface area contributed by atoms with Gasteiger partial charge >= 0.3 is 0 Å². The van der Waals surface area contributed by atoms with Gasteiger partial charge in [-0.3, -0.25) is 0 Å². The third-order valence-electron chi connectivity index (χ3n) is 2.58. The largest absolute Gasteiger partial charge is 0.497 e. The van der Waals surface area contributed by atoms with E-state index in [-0.39, 0.29) is 0 Å². The van der Waals surface area contributed by atoms with Crippen LogP contribution in [0.15, 0.2) is 36.0 Å². The van der Waals surface area contributed by atoms with Crippen LogP contribution in [0.5, 0.6) is 5.75 Å². The van der Waals surface area contributed by atoms with E-state index in [4.69, 9.17) is 4.74 Å². The molecule has 2 aromatic heterocycles. The van der Waals surface area contributed by atoms with Crippen molar-refractivity contribution in [3.63, 3.8) is 0 Å². The van der Waals surface area contributed by atoms with Crippen LogP contribution in [0.3, 0.4) is 0 Å². The Hall–Kier alpha value is -1.94. The molecule has 3 nitrogen and oxygen atoms in total. The summed E-state index contributed by atoms with van der Waals surface area (Å²) in [6.45, 7) is 0. The maximum atomic E-state index is 5.14. The Morgan fingerprint density at radius 3 is 2.82 bits per heavy atom. The van der Waals surface area contributed by atoms with Crippen LogP contribution < -0.4 is 4.74 Å². The van der Waals surface area contributed by atoms with Gasteiger partial charge in [0.05, 0.1) is 7.11 Å². The lowest BCUT2D eigenvalue weighted by molar-refractivity contribution is 0.415. The molecule has 0 amide bonds. The molecular weight excluding hydrogens is 232 g/mol. The van der Waals surface area contributed by atoms with Crippen LogP contribution in [0, 0.1) is 6.20 Å². The number of fused-ring (bicyclic) bond motifs is 1. The quantitative estimate of drug-likeness (QED) is 0.691. The minimum Gasteiger partial charge on any atom is -0.497 e. The number of rotatable bonds is 2. The molecule has 0 aliphatic heterocycles. The van der Waals surface area contributed by atoms with Crippen LogP contribution in [0.4, 0.5) is 0 Å². The molecule has 2 heterocycles. The van der Waals surface area contributed by atoms with Crippen molar-refractivity contribution < 1.29 is 4.74 Å². The Kier molecular flexibility index (Phi) is 2.49. The first-order valence-electron chi connectivity index (χ1n) is 5.13. The van der Waals surface area contributed by atoms with Crippen molar-refractivity contribution in [2.75, 3.05) is 7.11 Å². The van der Waals surface area contributed by atoms with Gasteiger partial charge in [0.15, 0.2) is 0 Å². The molecule has 17 heavy (non-hydrogen) atoms. The van der Waals surface area contributed by atoms with Gasteiger partial charge in [0.2, 0.25) is 0 Å². The van der Waals surface area contributed by atoms with Gasteiger partial charge in [-0.15, -0.1) is 11.3 Å². The van der Waals surface area contributed by atoms with Crippen molar-refractivity contribution in [2.24, 2.45) is 0 Å². The molecule has 0 bridgehead atoms. The first-order chi connectivity index (χ1) is 8.38. The highest BCUT2D eigenvalue weighted by molar-refractivity contribution is 7.17. The maximum Gasteiger partial charge on any atom is 0.127 e. The standard InChI is InChI=1S/C13H9N2OS/c1-16-10-4-2-9(3-5-10)12-7-17-13-11(12)6-14-8-15-13/h2-5,7-8H,1H3. The second-order valence-electron chi connectivity index (χ2n) is 3.54. The van der Waals surface area contributed by atoms with Crippen LogP contribution >= 0.6 is 11.3 Å². The lowest BCUT2D eigenvalue weighted by atomic mass is 10.1. The van der Waals surface area contributed by atoms with Crippen LogP contribution in [0.25, 0.3) is 21.3 Å². The fourth-order valence-corrected chi connectivity index (χ4v) is 2.57. The van der Waals surface area contributed by atoms with Crippen molar-refractivity contribution >= 4 is 21.6 Å². The third kappa shape index (κ3) is 1.76. The monoisotopic (exact) mass is 241 g/mol. The highest BCUT2D eigenvalue weighted by Gasteiger charge is 2.07. The van der Waals surface area contributed by atoms with Crippen LogP contribution in [-0.4, -0.2) is 17.1 Å². The fraction of sp³-hybridized carbons (Fsp3) is 0.0769. The number of hydrogen-bond donors (Lipinski definition) is 0. The Morgan fingerprint density at radius 2 is 2.06 bits per heavy atom. The second-order valence-corrected chi connectivity index (χ2v) is 4.40. The van der Waals surface area contributed by atoms with E-state index in [1.54, 1.807) is 18.4 Å². The van der Waals surface area contributed by atoms with E-state index in [0.717, 1.165) is 27.1 Å². The summed E-state index contributed by atoms with van der Waals surface area (Å²) in [6, 6.07) is 7.95. The Morgan fingerprint density at radius 1 is 1.24 bits per heavy atom. The number of benzene rings is 1. The summed E-state index contributed by atoms with van der Waals surface area (Å²) in [5.41, 5.74) is 2.25. The molecule has 0 aliphatic rings. The summed E-state index contributed by atoms with van der Waals surface area (Å²) < 4.78 is 5.14. The van der Waals surface area contributed by atoms with E-state index in [1.807, 2.05) is 24.3 Å². The summed E-state index contributed by atoms with van der Waals surface area (Å²) in [5.74, 6) is 0.855. The average Bonchev–Trinajstić information content (AvgIpc) is 2.83. The van der Waals surface area contributed by atoms with Crippen molar-refractivity contribution in [3.8, 4) is 16.9 Å². The van der Waals surface area contributed by atoms with Gasteiger partial charge in [-0.2, -0.15) is 0 Å². The Balaban J connectivity index is 2.13. The second kappa shape index (κ2) is 4.14. The smallest absolute Gasteiger partial charge is 0.127 e. The number of nitrogens with zero attached hydrogens (tertiary/aromatic N) is 2. The first kappa shape index (κ1) is 10.2. The number of hydrogen-bond acceptors (Lipinski definition) is 4. The average molecular weight is 241 g/mol. The summed E-state index contributed by atoms with van der Waals surface area (Å²) in [6.07, 6.45) is 4.52. The minimum atomic E-state index is 0.855. The van der Waals surface area contributed by atoms with Crippen molar-refractivity contribution in [1.29, 1.82) is 0 Å². The molecule has 0 aliphatic carbocycles. The predicted molar refractivity (Wildman–Crippen MR) is 68.2 cm³/mol.